The molecule has 0 bridgehead atoms. The van der Waals surface area contributed by atoms with Crippen molar-refractivity contribution in [1.29, 1.82) is 0 Å². The van der Waals surface area contributed by atoms with E-state index >= 15 is 0 Å². The Labute approximate surface area is 90.8 Å². The van der Waals surface area contributed by atoms with Crippen molar-refractivity contribution in [1.82, 2.24) is 0 Å². The van der Waals surface area contributed by atoms with Gasteiger partial charge in [0.15, 0.2) is 0 Å². The standard InChI is InChI=1S/C13H15FSi/c1-15(2,3)11-8-7-10-5-4-6-13(14)12(10)9-11/h4-9H,1-3H3. The summed E-state index contributed by atoms with van der Waals surface area (Å²) in [5, 5.41) is 3.04. The Bertz CT molecular complexity index is 497. The number of benzene rings is 2. The van der Waals surface area contributed by atoms with Gasteiger partial charge in [-0.1, -0.05) is 55.2 Å². The molecule has 2 heteroatoms. The van der Waals surface area contributed by atoms with Gasteiger partial charge in [0.05, 0.1) is 8.07 Å². The van der Waals surface area contributed by atoms with Crippen LogP contribution in [0, 0.1) is 5.82 Å². The van der Waals surface area contributed by atoms with Crippen molar-refractivity contribution < 1.29 is 4.39 Å². The molecular formula is C13H15FSi. The minimum Gasteiger partial charge on any atom is -0.206 e. The molecule has 0 heterocycles. The Balaban J connectivity index is 2.70. The smallest absolute Gasteiger partial charge is 0.131 e. The molecule has 0 atom stereocenters. The van der Waals surface area contributed by atoms with Crippen molar-refractivity contribution in [3.05, 3.63) is 42.2 Å². The van der Waals surface area contributed by atoms with Crippen LogP contribution in [0.25, 0.3) is 10.8 Å². The molecule has 0 amide bonds. The van der Waals surface area contributed by atoms with E-state index < -0.39 is 8.07 Å². The van der Waals surface area contributed by atoms with Crippen molar-refractivity contribution in [2.75, 3.05) is 0 Å². The minimum atomic E-state index is -1.34. The molecule has 0 saturated carbocycles. The SMILES string of the molecule is C[Si](C)(C)c1ccc2cccc(F)c2c1. The van der Waals surface area contributed by atoms with Gasteiger partial charge in [0.2, 0.25) is 0 Å². The van der Waals surface area contributed by atoms with Gasteiger partial charge >= 0.3 is 0 Å². The fraction of sp³-hybridized carbons (Fsp3) is 0.231. The zero-order chi connectivity index (χ0) is 11.1. The van der Waals surface area contributed by atoms with Gasteiger partial charge < -0.3 is 0 Å². The van der Waals surface area contributed by atoms with E-state index in [2.05, 4.69) is 25.7 Å². The summed E-state index contributed by atoms with van der Waals surface area (Å²) in [5.41, 5.74) is 0. The molecule has 0 nitrogen and oxygen atoms in total. The number of fused-ring (bicyclic) bond motifs is 1. The molecule has 0 unspecified atom stereocenters. The Morgan fingerprint density at radius 2 is 1.73 bits per heavy atom. The van der Waals surface area contributed by atoms with Crippen LogP contribution in [-0.2, 0) is 0 Å². The van der Waals surface area contributed by atoms with Gasteiger partial charge in [-0.25, -0.2) is 4.39 Å². The van der Waals surface area contributed by atoms with Crippen LogP contribution in [0.3, 0.4) is 0 Å². The van der Waals surface area contributed by atoms with Gasteiger partial charge in [-0.2, -0.15) is 0 Å². The Kier molecular flexibility index (Phi) is 2.39. The molecule has 2 rings (SSSR count). The third-order valence-electron chi connectivity index (χ3n) is 2.69. The van der Waals surface area contributed by atoms with Gasteiger partial charge in [0.25, 0.3) is 0 Å². The summed E-state index contributed by atoms with van der Waals surface area (Å²) in [5.74, 6) is -0.118. The second-order valence-electron chi connectivity index (χ2n) is 4.93. The Morgan fingerprint density at radius 3 is 2.40 bits per heavy atom. The highest BCUT2D eigenvalue weighted by Gasteiger charge is 2.16. The molecule has 15 heavy (non-hydrogen) atoms. The van der Waals surface area contributed by atoms with Crippen molar-refractivity contribution in [2.45, 2.75) is 19.6 Å². The molecule has 0 aliphatic rings. The molecule has 2 aromatic carbocycles. The molecule has 0 fully saturated rings. The van der Waals surface area contributed by atoms with E-state index in [4.69, 9.17) is 0 Å². The van der Waals surface area contributed by atoms with Gasteiger partial charge in [0, 0.05) is 5.39 Å². The first-order valence-electron chi connectivity index (χ1n) is 5.17. The Morgan fingerprint density at radius 1 is 1.00 bits per heavy atom. The summed E-state index contributed by atoms with van der Waals surface area (Å²) in [6.45, 7) is 6.82. The Hall–Kier alpha value is -1.15. The van der Waals surface area contributed by atoms with Gasteiger partial charge in [0.1, 0.15) is 5.82 Å². The molecule has 0 aliphatic heterocycles. The van der Waals surface area contributed by atoms with Crippen molar-refractivity contribution in [3.63, 3.8) is 0 Å². The van der Waals surface area contributed by atoms with Crippen LogP contribution in [0.15, 0.2) is 36.4 Å². The second-order valence-corrected chi connectivity index (χ2v) is 10.0. The molecular weight excluding hydrogens is 203 g/mol. The average Bonchev–Trinajstić information content (AvgIpc) is 2.16. The lowest BCUT2D eigenvalue weighted by Gasteiger charge is -2.17. The number of halogens is 1. The molecule has 2 aromatic rings. The minimum absolute atomic E-state index is 0.118. The molecule has 0 aliphatic carbocycles. The summed E-state index contributed by atoms with van der Waals surface area (Å²) in [4.78, 5) is 0. The number of hydrogen-bond acceptors (Lipinski definition) is 0. The van der Waals surface area contributed by atoms with Crippen molar-refractivity contribution >= 4 is 24.0 Å². The highest BCUT2D eigenvalue weighted by molar-refractivity contribution is 6.88. The third-order valence-corrected chi connectivity index (χ3v) is 4.74. The van der Waals surface area contributed by atoms with E-state index in [9.17, 15) is 4.39 Å². The second kappa shape index (κ2) is 3.45. The first kappa shape index (κ1) is 10.4. The van der Waals surface area contributed by atoms with Crippen LogP contribution in [0.5, 0.6) is 0 Å². The predicted molar refractivity (Wildman–Crippen MR) is 66.9 cm³/mol. The number of rotatable bonds is 1. The lowest BCUT2D eigenvalue weighted by atomic mass is 10.1. The van der Waals surface area contributed by atoms with Gasteiger partial charge in [-0.3, -0.25) is 0 Å². The third kappa shape index (κ3) is 1.95. The van der Waals surface area contributed by atoms with Crippen LogP contribution in [0.2, 0.25) is 19.6 Å². The van der Waals surface area contributed by atoms with Gasteiger partial charge in [-0.15, -0.1) is 0 Å². The largest absolute Gasteiger partial charge is 0.206 e. The van der Waals surface area contributed by atoms with Crippen molar-refractivity contribution in [2.24, 2.45) is 0 Å². The van der Waals surface area contributed by atoms with Crippen LogP contribution in [0.1, 0.15) is 0 Å². The average molecular weight is 218 g/mol. The highest BCUT2D eigenvalue weighted by atomic mass is 28.3. The predicted octanol–water partition coefficient (Wildman–Crippen LogP) is 3.52. The topological polar surface area (TPSA) is 0 Å². The molecule has 0 aromatic heterocycles. The fourth-order valence-corrected chi connectivity index (χ4v) is 2.86. The lowest BCUT2D eigenvalue weighted by molar-refractivity contribution is 0.640. The van der Waals surface area contributed by atoms with Crippen LogP contribution in [-0.4, -0.2) is 8.07 Å². The van der Waals surface area contributed by atoms with Crippen LogP contribution in [0.4, 0.5) is 4.39 Å². The normalized spacial score (nSPS) is 12.0. The zero-order valence-corrected chi connectivity index (χ0v) is 10.3. The molecule has 78 valence electrons. The van der Waals surface area contributed by atoms with E-state index in [0.717, 1.165) is 10.8 Å². The molecule has 0 spiro atoms. The summed E-state index contributed by atoms with van der Waals surface area (Å²) in [6.07, 6.45) is 0. The maximum atomic E-state index is 13.6. The van der Waals surface area contributed by atoms with E-state index in [1.54, 1.807) is 6.07 Å². The quantitative estimate of drug-likeness (QED) is 0.642. The molecule has 0 N–H and O–H groups in total. The monoisotopic (exact) mass is 218 g/mol. The van der Waals surface area contributed by atoms with Gasteiger partial charge in [-0.05, 0) is 11.5 Å². The summed E-state index contributed by atoms with van der Waals surface area (Å²) >= 11 is 0. The first-order valence-corrected chi connectivity index (χ1v) is 8.67. The van der Waals surface area contributed by atoms with E-state index in [-0.39, 0.29) is 5.82 Å². The maximum absolute atomic E-state index is 13.6. The van der Waals surface area contributed by atoms with E-state index in [1.165, 1.54) is 11.3 Å². The molecule has 0 radical (unpaired) electrons. The van der Waals surface area contributed by atoms with E-state index in [1.807, 2.05) is 18.2 Å². The first-order chi connectivity index (χ1) is 6.98. The van der Waals surface area contributed by atoms with Crippen LogP contribution >= 0.6 is 0 Å². The number of hydrogen-bond donors (Lipinski definition) is 0. The summed E-state index contributed by atoms with van der Waals surface area (Å²) < 4.78 is 13.6. The summed E-state index contributed by atoms with van der Waals surface area (Å²) in [7, 11) is -1.34. The maximum Gasteiger partial charge on any atom is 0.131 e. The highest BCUT2D eigenvalue weighted by Crippen LogP contribution is 2.17. The fourth-order valence-electron chi connectivity index (χ4n) is 1.70. The lowest BCUT2D eigenvalue weighted by Crippen LogP contribution is -2.37. The van der Waals surface area contributed by atoms with Crippen molar-refractivity contribution in [3.8, 4) is 0 Å². The summed E-state index contributed by atoms with van der Waals surface area (Å²) in [6, 6.07) is 11.4. The zero-order valence-electron chi connectivity index (χ0n) is 9.34. The van der Waals surface area contributed by atoms with Crippen LogP contribution < -0.4 is 5.19 Å². The molecule has 0 saturated heterocycles. The van der Waals surface area contributed by atoms with E-state index in [0.29, 0.717) is 0 Å².